The Morgan fingerprint density at radius 2 is 1.79 bits per heavy atom. The van der Waals surface area contributed by atoms with Crippen LogP contribution in [0.4, 0.5) is 10.1 Å². The molecule has 1 aromatic heterocycles. The van der Waals surface area contributed by atoms with Crippen LogP contribution in [0.1, 0.15) is 59.6 Å². The van der Waals surface area contributed by atoms with E-state index in [0.717, 1.165) is 24.1 Å². The van der Waals surface area contributed by atoms with Gasteiger partial charge in [-0.3, -0.25) is 9.59 Å². The summed E-state index contributed by atoms with van der Waals surface area (Å²) in [6.45, 7) is 7.03. The fourth-order valence-electron chi connectivity index (χ4n) is 4.83. The Morgan fingerprint density at radius 3 is 2.34 bits per heavy atom. The van der Waals surface area contributed by atoms with Gasteiger partial charge in [0.2, 0.25) is 0 Å². The van der Waals surface area contributed by atoms with E-state index in [1.54, 1.807) is 12.1 Å². The molecule has 10 nitrogen and oxygen atoms in total. The quantitative estimate of drug-likeness (QED) is 0.346. The summed E-state index contributed by atoms with van der Waals surface area (Å²) >= 11 is 0. The number of nitrogens with two attached hydrogens (primary N) is 1. The molecule has 0 fully saturated rings. The van der Waals surface area contributed by atoms with Gasteiger partial charge in [-0.1, -0.05) is 13.8 Å². The number of carboxylic acid groups (broad SMARTS) is 2. The normalized spacial score (nSPS) is 15.7. The van der Waals surface area contributed by atoms with E-state index in [9.17, 15) is 23.6 Å². The number of carbonyl (C=O) groups is 4. The van der Waals surface area contributed by atoms with Crippen molar-refractivity contribution in [1.29, 1.82) is 0 Å². The van der Waals surface area contributed by atoms with Gasteiger partial charge in [0.15, 0.2) is 0 Å². The van der Waals surface area contributed by atoms with Gasteiger partial charge in [0.05, 0.1) is 16.7 Å². The van der Waals surface area contributed by atoms with Crippen LogP contribution < -0.4 is 11.1 Å². The highest BCUT2D eigenvalue weighted by Gasteiger charge is 2.40. The fourth-order valence-corrected chi connectivity index (χ4v) is 4.83. The van der Waals surface area contributed by atoms with Gasteiger partial charge < -0.3 is 31.1 Å². The number of halogens is 1. The van der Waals surface area contributed by atoms with Gasteiger partial charge in [0, 0.05) is 54.3 Å². The Labute approximate surface area is 219 Å². The summed E-state index contributed by atoms with van der Waals surface area (Å²) in [6.07, 6.45) is 5.12. The van der Waals surface area contributed by atoms with Gasteiger partial charge in [-0.25, -0.2) is 14.0 Å². The Balaban J connectivity index is 0.000000436. The number of carboxylic acids is 2. The first-order valence-electron chi connectivity index (χ1n) is 12.2. The topological polar surface area (TPSA) is 166 Å². The SMILES string of the molecule is CCC(CC)(CN)N1CCc2[nH]c(C=C3C(=O)Nc4ccc(F)cc43)c(C)c2C1=O.O=C(O)C=CC(=O)O. The molecular formula is C27H31FN4O6. The van der Waals surface area contributed by atoms with Crippen molar-refractivity contribution in [3.8, 4) is 0 Å². The molecule has 0 atom stereocenters. The second-order valence-electron chi connectivity index (χ2n) is 9.07. The first-order valence-corrected chi connectivity index (χ1v) is 12.2. The molecule has 3 heterocycles. The molecule has 0 radical (unpaired) electrons. The van der Waals surface area contributed by atoms with Crippen molar-refractivity contribution in [1.82, 2.24) is 9.88 Å². The maximum Gasteiger partial charge on any atom is 0.328 e. The molecule has 202 valence electrons. The Kier molecular flexibility index (Phi) is 8.52. The van der Waals surface area contributed by atoms with Gasteiger partial charge in [-0.05, 0) is 49.6 Å². The number of aromatic nitrogens is 1. The van der Waals surface area contributed by atoms with Crippen LogP contribution in [-0.2, 0) is 20.8 Å². The van der Waals surface area contributed by atoms with Crippen molar-refractivity contribution in [3.05, 3.63) is 64.2 Å². The van der Waals surface area contributed by atoms with Crippen LogP contribution in [0.5, 0.6) is 0 Å². The number of rotatable bonds is 7. The molecular weight excluding hydrogens is 495 g/mol. The number of amides is 2. The Hall–Kier alpha value is -4.25. The lowest BCUT2D eigenvalue weighted by molar-refractivity contribution is -0.134. The lowest BCUT2D eigenvalue weighted by atomic mass is 9.87. The molecule has 6 N–H and O–H groups in total. The lowest BCUT2D eigenvalue weighted by Gasteiger charge is -2.44. The highest BCUT2D eigenvalue weighted by Crippen LogP contribution is 2.36. The molecule has 38 heavy (non-hydrogen) atoms. The molecule has 2 aliphatic rings. The number of nitrogens with zero attached hydrogens (tertiary/aromatic N) is 1. The molecule has 1 aromatic carbocycles. The average molecular weight is 527 g/mol. The maximum atomic E-state index is 13.7. The highest BCUT2D eigenvalue weighted by molar-refractivity contribution is 6.35. The molecule has 2 aromatic rings. The number of hydrogen-bond donors (Lipinski definition) is 5. The first kappa shape index (κ1) is 28.3. The molecule has 0 spiro atoms. The third-order valence-electron chi connectivity index (χ3n) is 7.10. The molecule has 2 aliphatic heterocycles. The predicted octanol–water partition coefficient (Wildman–Crippen LogP) is 3.18. The number of benzene rings is 1. The molecule has 0 aliphatic carbocycles. The third kappa shape index (κ3) is 5.52. The van der Waals surface area contributed by atoms with Crippen molar-refractivity contribution in [2.24, 2.45) is 5.73 Å². The minimum atomic E-state index is -1.26. The Morgan fingerprint density at radius 1 is 1.16 bits per heavy atom. The number of aromatic amines is 1. The number of H-pyrrole nitrogens is 1. The average Bonchev–Trinajstić information content (AvgIpc) is 3.37. The van der Waals surface area contributed by atoms with Gasteiger partial charge in [0.25, 0.3) is 11.8 Å². The summed E-state index contributed by atoms with van der Waals surface area (Å²) in [6, 6.07) is 4.22. The number of anilines is 1. The summed E-state index contributed by atoms with van der Waals surface area (Å²) in [5, 5.41) is 18.4. The third-order valence-corrected chi connectivity index (χ3v) is 7.10. The number of aliphatic carboxylic acids is 2. The van der Waals surface area contributed by atoms with Crippen molar-refractivity contribution in [3.63, 3.8) is 0 Å². The van der Waals surface area contributed by atoms with E-state index in [1.807, 2.05) is 11.8 Å². The summed E-state index contributed by atoms with van der Waals surface area (Å²) in [7, 11) is 0. The van der Waals surface area contributed by atoms with Gasteiger partial charge in [-0.15, -0.1) is 0 Å². The van der Waals surface area contributed by atoms with Crippen LogP contribution in [0.15, 0.2) is 30.4 Å². The van der Waals surface area contributed by atoms with E-state index in [1.165, 1.54) is 12.1 Å². The van der Waals surface area contributed by atoms with Crippen LogP contribution in [0, 0.1) is 12.7 Å². The minimum Gasteiger partial charge on any atom is -0.478 e. The standard InChI is InChI=1S/C23H27FN4O2.C4H4O4/c1-4-23(5-2,12-25)28-9-8-18-20(22(28)30)13(3)19(26-18)11-16-15-10-14(24)6-7-17(15)27-21(16)29;5-3(6)1-2-4(7)8/h6-7,10-11,26H,4-5,8-9,12,25H2,1-3H3,(H,27,29);1-2H,(H,5,6)(H,7,8). The zero-order valence-corrected chi connectivity index (χ0v) is 21.4. The molecule has 0 unspecified atom stereocenters. The molecule has 2 amide bonds. The number of nitrogens with one attached hydrogen (secondary N) is 2. The summed E-state index contributed by atoms with van der Waals surface area (Å²) < 4.78 is 13.7. The van der Waals surface area contributed by atoms with E-state index in [2.05, 4.69) is 24.1 Å². The van der Waals surface area contributed by atoms with Crippen molar-refractivity contribution < 1.29 is 33.8 Å². The second-order valence-corrected chi connectivity index (χ2v) is 9.07. The van der Waals surface area contributed by atoms with E-state index < -0.39 is 17.8 Å². The largest absolute Gasteiger partial charge is 0.478 e. The molecule has 0 saturated heterocycles. The van der Waals surface area contributed by atoms with Crippen molar-refractivity contribution in [2.75, 3.05) is 18.4 Å². The molecule has 4 rings (SSSR count). The van der Waals surface area contributed by atoms with E-state index in [4.69, 9.17) is 15.9 Å². The van der Waals surface area contributed by atoms with Gasteiger partial charge >= 0.3 is 11.9 Å². The van der Waals surface area contributed by atoms with E-state index in [-0.39, 0.29) is 17.4 Å². The van der Waals surface area contributed by atoms with Crippen LogP contribution >= 0.6 is 0 Å². The summed E-state index contributed by atoms with van der Waals surface area (Å²) in [5.74, 6) is -3.22. The van der Waals surface area contributed by atoms with Crippen LogP contribution in [0.3, 0.4) is 0 Å². The number of hydrogen-bond acceptors (Lipinski definition) is 5. The molecule has 0 saturated carbocycles. The Bertz CT molecular complexity index is 1320. The van der Waals surface area contributed by atoms with Gasteiger partial charge in [0.1, 0.15) is 5.82 Å². The highest BCUT2D eigenvalue weighted by atomic mass is 19.1. The lowest BCUT2D eigenvalue weighted by Crippen LogP contribution is -2.57. The number of carbonyl (C=O) groups excluding carboxylic acids is 2. The van der Waals surface area contributed by atoms with Crippen LogP contribution in [-0.4, -0.2) is 62.5 Å². The zero-order chi connectivity index (χ0) is 28.2. The molecule has 0 bridgehead atoms. The predicted molar refractivity (Wildman–Crippen MR) is 140 cm³/mol. The van der Waals surface area contributed by atoms with Crippen LogP contribution in [0.25, 0.3) is 11.6 Å². The zero-order valence-electron chi connectivity index (χ0n) is 21.4. The fraction of sp³-hybridized carbons (Fsp3) is 0.333. The minimum absolute atomic E-state index is 0.0221. The van der Waals surface area contributed by atoms with E-state index in [0.29, 0.717) is 59.7 Å². The second kappa shape index (κ2) is 11.4. The monoisotopic (exact) mass is 526 g/mol. The number of fused-ring (bicyclic) bond motifs is 2. The van der Waals surface area contributed by atoms with Gasteiger partial charge in [-0.2, -0.15) is 0 Å². The van der Waals surface area contributed by atoms with Crippen molar-refractivity contribution >= 4 is 41.1 Å². The summed E-state index contributed by atoms with van der Waals surface area (Å²) in [4.78, 5) is 50.2. The smallest absolute Gasteiger partial charge is 0.328 e. The van der Waals surface area contributed by atoms with Crippen LogP contribution in [0.2, 0.25) is 0 Å². The van der Waals surface area contributed by atoms with Crippen molar-refractivity contribution in [2.45, 2.75) is 45.6 Å². The summed E-state index contributed by atoms with van der Waals surface area (Å²) in [5.41, 5.74) is 10.3. The first-order chi connectivity index (χ1) is 18.0. The molecule has 11 heteroatoms. The van der Waals surface area contributed by atoms with E-state index >= 15 is 0 Å². The maximum absolute atomic E-state index is 13.7.